The molecule has 29 heavy (non-hydrogen) atoms. The average Bonchev–Trinajstić information content (AvgIpc) is 3.08. The molecular formula is C21H20N4O4. The van der Waals surface area contributed by atoms with Gasteiger partial charge in [-0.15, -0.1) is 0 Å². The predicted molar refractivity (Wildman–Crippen MR) is 108 cm³/mol. The summed E-state index contributed by atoms with van der Waals surface area (Å²) >= 11 is 0. The van der Waals surface area contributed by atoms with Crippen molar-refractivity contribution in [1.29, 1.82) is 0 Å². The Balaban J connectivity index is 1.97. The minimum Gasteiger partial charge on any atom is -0.469 e. The van der Waals surface area contributed by atoms with E-state index in [1.165, 1.54) is 11.8 Å². The third-order valence-corrected chi connectivity index (χ3v) is 4.25. The number of hydrogen-bond acceptors (Lipinski definition) is 5. The molecule has 0 radical (unpaired) electrons. The molecule has 0 fully saturated rings. The van der Waals surface area contributed by atoms with Gasteiger partial charge in [-0.1, -0.05) is 36.4 Å². The normalized spacial score (nSPS) is 11.2. The molecule has 8 nitrogen and oxygen atoms in total. The number of ether oxygens (including phenoxy) is 1. The highest BCUT2D eigenvalue weighted by atomic mass is 16.5. The fourth-order valence-electron chi connectivity index (χ4n) is 2.80. The Morgan fingerprint density at radius 2 is 1.69 bits per heavy atom. The number of carbonyl (C=O) groups is 2. The SMILES string of the molecule is COC(=O)Cc1[nH]n(-c2ccccc2)c(=O)c1/C(C)=N/NC(=O)c1ccccc1. The molecule has 1 heterocycles. The van der Waals surface area contributed by atoms with Gasteiger partial charge in [0.15, 0.2) is 0 Å². The number of esters is 1. The van der Waals surface area contributed by atoms with Crippen LogP contribution in [0, 0.1) is 0 Å². The summed E-state index contributed by atoms with van der Waals surface area (Å²) in [5.74, 6) is -0.910. The number of aromatic amines is 1. The number of amides is 1. The topological polar surface area (TPSA) is 106 Å². The zero-order chi connectivity index (χ0) is 20.8. The molecule has 0 aliphatic heterocycles. The quantitative estimate of drug-likeness (QED) is 0.380. The summed E-state index contributed by atoms with van der Waals surface area (Å²) in [4.78, 5) is 37.0. The predicted octanol–water partition coefficient (Wildman–Crippen LogP) is 2.04. The first kappa shape index (κ1) is 19.8. The van der Waals surface area contributed by atoms with Crippen molar-refractivity contribution in [2.45, 2.75) is 13.3 Å². The van der Waals surface area contributed by atoms with Gasteiger partial charge in [0.2, 0.25) is 0 Å². The molecule has 0 unspecified atom stereocenters. The fourth-order valence-corrected chi connectivity index (χ4v) is 2.80. The molecule has 1 aromatic heterocycles. The lowest BCUT2D eigenvalue weighted by molar-refractivity contribution is -0.139. The van der Waals surface area contributed by atoms with Crippen LogP contribution in [0.1, 0.15) is 28.5 Å². The monoisotopic (exact) mass is 392 g/mol. The van der Waals surface area contributed by atoms with Gasteiger partial charge in [-0.05, 0) is 31.2 Å². The van der Waals surface area contributed by atoms with E-state index in [1.807, 2.05) is 6.07 Å². The van der Waals surface area contributed by atoms with E-state index in [0.29, 0.717) is 16.9 Å². The second-order valence-electron chi connectivity index (χ2n) is 6.20. The van der Waals surface area contributed by atoms with Crippen molar-refractivity contribution in [3.05, 3.63) is 87.8 Å². The van der Waals surface area contributed by atoms with Crippen LogP contribution in [0.3, 0.4) is 0 Å². The van der Waals surface area contributed by atoms with Crippen molar-refractivity contribution in [1.82, 2.24) is 15.2 Å². The minimum absolute atomic E-state index is 0.138. The maximum Gasteiger partial charge on any atom is 0.311 e. The van der Waals surface area contributed by atoms with Crippen molar-refractivity contribution >= 4 is 17.6 Å². The van der Waals surface area contributed by atoms with Gasteiger partial charge in [-0.25, -0.2) is 10.1 Å². The third kappa shape index (κ3) is 4.49. The van der Waals surface area contributed by atoms with Gasteiger partial charge in [0.25, 0.3) is 11.5 Å². The molecule has 0 spiro atoms. The van der Waals surface area contributed by atoms with Crippen molar-refractivity contribution in [2.75, 3.05) is 7.11 Å². The Hall–Kier alpha value is -3.94. The summed E-state index contributed by atoms with van der Waals surface area (Å²) in [5, 5.41) is 7.01. The maximum atomic E-state index is 13.0. The van der Waals surface area contributed by atoms with E-state index >= 15 is 0 Å². The van der Waals surface area contributed by atoms with Crippen LogP contribution < -0.4 is 11.0 Å². The largest absolute Gasteiger partial charge is 0.469 e. The van der Waals surface area contributed by atoms with Gasteiger partial charge >= 0.3 is 5.97 Å². The standard InChI is InChI=1S/C21H20N4O4/c1-14(22-23-20(27)15-9-5-3-6-10-15)19-17(13-18(26)29-2)24-25(21(19)28)16-11-7-4-8-12-16/h3-12,24H,13H2,1-2H3,(H,23,27)/b22-14+. The lowest BCUT2D eigenvalue weighted by atomic mass is 10.1. The Bertz CT molecular complexity index is 1100. The summed E-state index contributed by atoms with van der Waals surface area (Å²) in [6.45, 7) is 1.59. The Morgan fingerprint density at radius 1 is 1.07 bits per heavy atom. The Labute approximate surface area is 166 Å². The first-order valence-electron chi connectivity index (χ1n) is 8.87. The summed E-state index contributed by atoms with van der Waals surface area (Å²) in [7, 11) is 1.27. The lowest BCUT2D eigenvalue weighted by Crippen LogP contribution is -2.23. The van der Waals surface area contributed by atoms with Crippen molar-refractivity contribution in [3.8, 4) is 5.69 Å². The van der Waals surface area contributed by atoms with Gasteiger partial charge in [-0.3, -0.25) is 19.5 Å². The van der Waals surface area contributed by atoms with Crippen LogP contribution in [0.4, 0.5) is 0 Å². The molecular weight excluding hydrogens is 372 g/mol. The molecule has 8 heteroatoms. The number of para-hydroxylation sites is 1. The average molecular weight is 392 g/mol. The van der Waals surface area contributed by atoms with Crippen molar-refractivity contribution < 1.29 is 14.3 Å². The van der Waals surface area contributed by atoms with Crippen LogP contribution in [0.2, 0.25) is 0 Å². The van der Waals surface area contributed by atoms with Crippen LogP contribution in [0.15, 0.2) is 70.6 Å². The number of nitrogens with zero attached hydrogens (tertiary/aromatic N) is 2. The summed E-state index contributed by atoms with van der Waals surface area (Å²) in [6.07, 6.45) is -0.138. The highest BCUT2D eigenvalue weighted by Crippen LogP contribution is 2.10. The van der Waals surface area contributed by atoms with Gasteiger partial charge in [0.1, 0.15) is 0 Å². The Kier molecular flexibility index (Phi) is 6.03. The van der Waals surface area contributed by atoms with Gasteiger partial charge < -0.3 is 4.74 Å². The highest BCUT2D eigenvalue weighted by molar-refractivity contribution is 6.02. The van der Waals surface area contributed by atoms with E-state index in [2.05, 4.69) is 15.6 Å². The molecule has 148 valence electrons. The molecule has 0 saturated heterocycles. The lowest BCUT2D eigenvalue weighted by Gasteiger charge is -2.03. The van der Waals surface area contributed by atoms with Crippen LogP contribution in [0.25, 0.3) is 5.69 Å². The maximum absolute atomic E-state index is 13.0. The molecule has 0 aliphatic carbocycles. The van der Waals surface area contributed by atoms with E-state index in [-0.39, 0.29) is 23.3 Å². The summed E-state index contributed by atoms with van der Waals surface area (Å²) < 4.78 is 6.04. The molecule has 3 rings (SSSR count). The van der Waals surface area contributed by atoms with Crippen LogP contribution in [-0.2, 0) is 16.0 Å². The van der Waals surface area contributed by atoms with Gasteiger partial charge in [0, 0.05) is 5.56 Å². The molecule has 0 bridgehead atoms. The molecule has 2 aromatic carbocycles. The first-order chi connectivity index (χ1) is 14.0. The zero-order valence-corrected chi connectivity index (χ0v) is 16.0. The number of H-pyrrole nitrogens is 1. The van der Waals surface area contributed by atoms with E-state index in [4.69, 9.17) is 4.74 Å². The summed E-state index contributed by atoms with van der Waals surface area (Å²) in [5.41, 5.74) is 3.92. The highest BCUT2D eigenvalue weighted by Gasteiger charge is 2.20. The number of aromatic nitrogens is 2. The molecule has 3 aromatic rings. The third-order valence-electron chi connectivity index (χ3n) is 4.25. The van der Waals surface area contributed by atoms with E-state index < -0.39 is 11.9 Å². The number of rotatable bonds is 6. The zero-order valence-electron chi connectivity index (χ0n) is 16.0. The van der Waals surface area contributed by atoms with E-state index in [1.54, 1.807) is 61.5 Å². The minimum atomic E-state index is -0.506. The number of benzene rings is 2. The summed E-state index contributed by atoms with van der Waals surface area (Å²) in [6, 6.07) is 17.5. The van der Waals surface area contributed by atoms with E-state index in [0.717, 1.165) is 0 Å². The van der Waals surface area contributed by atoms with Gasteiger partial charge in [-0.2, -0.15) is 5.10 Å². The number of methoxy groups -OCH3 is 1. The number of hydrazone groups is 1. The molecule has 0 atom stereocenters. The second-order valence-corrected chi connectivity index (χ2v) is 6.20. The number of nitrogens with one attached hydrogen (secondary N) is 2. The van der Waals surface area contributed by atoms with Crippen LogP contribution >= 0.6 is 0 Å². The van der Waals surface area contributed by atoms with Gasteiger partial charge in [0.05, 0.1) is 36.2 Å². The van der Waals surface area contributed by atoms with Crippen LogP contribution in [0.5, 0.6) is 0 Å². The second kappa shape index (κ2) is 8.83. The first-order valence-corrected chi connectivity index (χ1v) is 8.87. The molecule has 1 amide bonds. The van der Waals surface area contributed by atoms with Crippen molar-refractivity contribution in [2.24, 2.45) is 5.10 Å². The molecule has 0 saturated carbocycles. The molecule has 0 aliphatic rings. The fraction of sp³-hybridized carbons (Fsp3) is 0.143. The van der Waals surface area contributed by atoms with Crippen molar-refractivity contribution in [3.63, 3.8) is 0 Å². The Morgan fingerprint density at radius 3 is 2.31 bits per heavy atom. The van der Waals surface area contributed by atoms with Crippen LogP contribution in [-0.4, -0.2) is 34.5 Å². The smallest absolute Gasteiger partial charge is 0.311 e. The van der Waals surface area contributed by atoms with E-state index in [9.17, 15) is 14.4 Å². The molecule has 2 N–H and O–H groups in total. The number of carbonyl (C=O) groups excluding carboxylic acids is 2. The number of hydrogen-bond donors (Lipinski definition) is 2.